The zero-order chi connectivity index (χ0) is 11.8. The van der Waals surface area contributed by atoms with Crippen molar-refractivity contribution < 1.29 is 10.2 Å². The van der Waals surface area contributed by atoms with Gasteiger partial charge in [0.1, 0.15) is 0 Å². The average Bonchev–Trinajstić information content (AvgIpc) is 2.15. The van der Waals surface area contributed by atoms with Gasteiger partial charge in [-0.2, -0.15) is 0 Å². The summed E-state index contributed by atoms with van der Waals surface area (Å²) in [5, 5.41) is 26.8. The first-order valence-electron chi connectivity index (χ1n) is 5.31. The van der Waals surface area contributed by atoms with Gasteiger partial charge in [-0.1, -0.05) is 13.8 Å². The van der Waals surface area contributed by atoms with Crippen molar-refractivity contribution in [3.8, 4) is 0 Å². The standard InChI is InChI=1S/C9H22N4O2/c1-8(2)10-6-5-7-12(9(3)4)13(15)11-14/h8-10,14H,5-7H2,1-4H3. The Balaban J connectivity index is 3.88. The third-order valence-electron chi connectivity index (χ3n) is 2.01. The lowest BCUT2D eigenvalue weighted by Gasteiger charge is -2.21. The highest BCUT2D eigenvalue weighted by Crippen LogP contribution is 2.00. The van der Waals surface area contributed by atoms with Crippen LogP contribution < -0.4 is 5.32 Å². The Kier molecular flexibility index (Phi) is 6.77. The molecule has 0 bridgehead atoms. The molecule has 0 spiro atoms. The van der Waals surface area contributed by atoms with Gasteiger partial charge in [-0.25, -0.2) is 0 Å². The van der Waals surface area contributed by atoms with Crippen LogP contribution in [0, 0.1) is 5.21 Å². The quantitative estimate of drug-likeness (QED) is 0.293. The first kappa shape index (κ1) is 14.0. The minimum absolute atomic E-state index is 0.0254. The summed E-state index contributed by atoms with van der Waals surface area (Å²) in [5.41, 5.74) is 0. The van der Waals surface area contributed by atoms with Gasteiger partial charge in [0.25, 0.3) is 0 Å². The first-order valence-corrected chi connectivity index (χ1v) is 5.31. The monoisotopic (exact) mass is 218 g/mol. The zero-order valence-corrected chi connectivity index (χ0v) is 9.97. The fraction of sp³-hybridized carbons (Fsp3) is 1.00. The molecule has 0 aliphatic rings. The van der Waals surface area contributed by atoms with E-state index in [2.05, 4.69) is 24.4 Å². The van der Waals surface area contributed by atoms with Crippen molar-refractivity contribution in [3.05, 3.63) is 5.21 Å². The average molecular weight is 218 g/mol. The Morgan fingerprint density at radius 1 is 1.40 bits per heavy atom. The summed E-state index contributed by atoms with van der Waals surface area (Å²) in [5.74, 6) is 0. The van der Waals surface area contributed by atoms with Crippen LogP contribution in [0.2, 0.25) is 0 Å². The van der Waals surface area contributed by atoms with E-state index < -0.39 is 0 Å². The lowest BCUT2D eigenvalue weighted by Crippen LogP contribution is -2.39. The fourth-order valence-electron chi connectivity index (χ4n) is 1.22. The van der Waals surface area contributed by atoms with E-state index in [4.69, 9.17) is 5.21 Å². The molecule has 0 rings (SSSR count). The van der Waals surface area contributed by atoms with E-state index in [9.17, 15) is 5.21 Å². The molecule has 0 aliphatic heterocycles. The lowest BCUT2D eigenvalue weighted by atomic mass is 10.3. The van der Waals surface area contributed by atoms with E-state index in [0.29, 0.717) is 12.6 Å². The van der Waals surface area contributed by atoms with Gasteiger partial charge < -0.3 is 15.7 Å². The number of nitrogens with one attached hydrogen (secondary N) is 1. The van der Waals surface area contributed by atoms with Gasteiger partial charge in [0.15, 0.2) is 0 Å². The van der Waals surface area contributed by atoms with E-state index in [-0.39, 0.29) is 11.0 Å². The van der Waals surface area contributed by atoms with Crippen molar-refractivity contribution in [2.24, 2.45) is 5.28 Å². The van der Waals surface area contributed by atoms with E-state index in [1.54, 1.807) is 0 Å². The molecule has 0 saturated heterocycles. The smallest absolute Gasteiger partial charge is 0.230 e. The molecule has 6 nitrogen and oxygen atoms in total. The molecule has 0 aliphatic carbocycles. The van der Waals surface area contributed by atoms with Crippen LogP contribution >= 0.6 is 0 Å². The molecule has 2 N–H and O–H groups in total. The van der Waals surface area contributed by atoms with Gasteiger partial charge in [-0.3, -0.25) is 0 Å². The molecule has 0 radical (unpaired) electrons. The normalized spacial score (nSPS) is 12.5. The molecule has 0 aromatic heterocycles. The number of hydrogen-bond donors (Lipinski definition) is 2. The Morgan fingerprint density at radius 3 is 2.40 bits per heavy atom. The topological polar surface area (TPSA) is 73.9 Å². The first-order chi connectivity index (χ1) is 6.99. The SMILES string of the molecule is CC(C)NCCCN(C(C)C)[N+]([O-])=NO. The van der Waals surface area contributed by atoms with Crippen molar-refractivity contribution in [1.29, 1.82) is 0 Å². The molecule has 0 atom stereocenters. The molecular formula is C9H22N4O2. The molecule has 90 valence electrons. The summed E-state index contributed by atoms with van der Waals surface area (Å²) in [7, 11) is 0. The van der Waals surface area contributed by atoms with Gasteiger partial charge in [-0.15, -0.1) is 5.01 Å². The maximum Gasteiger partial charge on any atom is 0.230 e. The Hall–Kier alpha value is -1.04. The summed E-state index contributed by atoms with van der Waals surface area (Å²) in [6.07, 6.45) is 0.838. The van der Waals surface area contributed by atoms with E-state index >= 15 is 0 Å². The summed E-state index contributed by atoms with van der Waals surface area (Å²) in [6, 6.07) is 0.473. The van der Waals surface area contributed by atoms with Crippen LogP contribution in [0.3, 0.4) is 0 Å². The van der Waals surface area contributed by atoms with Crippen LogP contribution in [0.5, 0.6) is 0 Å². The van der Waals surface area contributed by atoms with E-state index in [0.717, 1.165) is 13.0 Å². The molecule has 0 saturated carbocycles. The number of hydrogen-bond acceptors (Lipinski definition) is 3. The second-order valence-electron chi connectivity index (χ2n) is 4.06. The summed E-state index contributed by atoms with van der Waals surface area (Å²) in [6.45, 7) is 9.33. The number of rotatable bonds is 7. The van der Waals surface area contributed by atoms with Gasteiger partial charge in [0, 0.05) is 6.04 Å². The van der Waals surface area contributed by atoms with Gasteiger partial charge in [0.2, 0.25) is 5.28 Å². The van der Waals surface area contributed by atoms with Gasteiger partial charge in [0.05, 0.1) is 17.6 Å². The van der Waals surface area contributed by atoms with Crippen molar-refractivity contribution >= 4 is 0 Å². The third kappa shape index (κ3) is 6.11. The predicted octanol–water partition coefficient (Wildman–Crippen LogP) is 1.35. The maximum absolute atomic E-state index is 11.1. The van der Waals surface area contributed by atoms with E-state index in [1.807, 2.05) is 13.8 Å². The highest BCUT2D eigenvalue weighted by Gasteiger charge is 2.16. The van der Waals surface area contributed by atoms with Crippen molar-refractivity contribution in [3.63, 3.8) is 0 Å². The highest BCUT2D eigenvalue weighted by atomic mass is 16.6. The molecule has 0 amide bonds. The van der Waals surface area contributed by atoms with Crippen molar-refractivity contribution in [2.75, 3.05) is 13.1 Å². The summed E-state index contributed by atoms with van der Waals surface area (Å²) < 4.78 is 0. The zero-order valence-electron chi connectivity index (χ0n) is 9.97. The van der Waals surface area contributed by atoms with Crippen LogP contribution in [0.15, 0.2) is 5.28 Å². The highest BCUT2D eigenvalue weighted by molar-refractivity contribution is 4.56. The van der Waals surface area contributed by atoms with Crippen LogP contribution in [0.1, 0.15) is 34.1 Å². The molecule has 0 aromatic rings. The Bertz CT molecular complexity index is 195. The third-order valence-corrected chi connectivity index (χ3v) is 2.01. The van der Waals surface area contributed by atoms with Gasteiger partial charge in [-0.05, 0) is 26.8 Å². The van der Waals surface area contributed by atoms with E-state index in [1.165, 1.54) is 5.01 Å². The van der Waals surface area contributed by atoms with Crippen LogP contribution in [-0.4, -0.2) is 40.4 Å². The van der Waals surface area contributed by atoms with Gasteiger partial charge >= 0.3 is 0 Å². The molecule has 0 fully saturated rings. The molecule has 0 unspecified atom stereocenters. The lowest BCUT2D eigenvalue weighted by molar-refractivity contribution is -0.716. The second-order valence-corrected chi connectivity index (χ2v) is 4.06. The number of nitrogens with zero attached hydrogens (tertiary/aromatic N) is 3. The minimum atomic E-state index is 0.0254. The van der Waals surface area contributed by atoms with Crippen molar-refractivity contribution in [2.45, 2.75) is 46.2 Å². The molecule has 6 heteroatoms. The molecular weight excluding hydrogens is 196 g/mol. The predicted molar refractivity (Wildman–Crippen MR) is 57.4 cm³/mol. The van der Waals surface area contributed by atoms with Crippen molar-refractivity contribution in [1.82, 2.24) is 10.3 Å². The molecule has 0 aromatic carbocycles. The fourth-order valence-corrected chi connectivity index (χ4v) is 1.22. The maximum atomic E-state index is 11.1. The Labute approximate surface area is 91.1 Å². The number of hydrazine groups is 1. The molecule has 15 heavy (non-hydrogen) atoms. The minimum Gasteiger partial charge on any atom is -0.569 e. The van der Waals surface area contributed by atoms with Crippen LogP contribution in [0.4, 0.5) is 0 Å². The second kappa shape index (κ2) is 7.28. The largest absolute Gasteiger partial charge is 0.569 e. The molecule has 0 heterocycles. The summed E-state index contributed by atoms with van der Waals surface area (Å²) in [4.78, 5) is 0.236. The van der Waals surface area contributed by atoms with Crippen LogP contribution in [0.25, 0.3) is 0 Å². The Morgan fingerprint density at radius 2 is 2.00 bits per heavy atom. The van der Waals surface area contributed by atoms with Crippen LogP contribution in [-0.2, 0) is 0 Å². The summed E-state index contributed by atoms with van der Waals surface area (Å²) >= 11 is 0.